The number of carbonyl (C=O) groups is 1. The second-order valence-corrected chi connectivity index (χ2v) is 6.23. The molecule has 0 fully saturated rings. The summed E-state index contributed by atoms with van der Waals surface area (Å²) in [6.07, 6.45) is 0. The fourth-order valence-corrected chi connectivity index (χ4v) is 2.93. The number of thiazole rings is 1. The second kappa shape index (κ2) is 6.81. The maximum absolute atomic E-state index is 12.2. The quantitative estimate of drug-likeness (QED) is 0.684. The average Bonchev–Trinajstić information content (AvgIpc) is 3.04. The van der Waals surface area contributed by atoms with Crippen LogP contribution in [0.4, 0.5) is 5.69 Å². The van der Waals surface area contributed by atoms with Gasteiger partial charge in [0.15, 0.2) is 5.01 Å². The van der Waals surface area contributed by atoms with Crippen molar-refractivity contribution in [2.45, 2.75) is 6.92 Å². The Morgan fingerprint density at radius 3 is 2.61 bits per heavy atom. The van der Waals surface area contributed by atoms with E-state index in [1.54, 1.807) is 6.07 Å². The lowest BCUT2D eigenvalue weighted by atomic mass is 10.2. The number of benzene rings is 2. The number of hydrogen-bond donors (Lipinski definition) is 2. The SMILES string of the molecule is Cc1ccc(NNC(=O)c2nc(-c3ccccc3Cl)cs2)cc1. The van der Waals surface area contributed by atoms with Crippen LogP contribution in [-0.4, -0.2) is 10.9 Å². The Hall–Kier alpha value is -2.37. The van der Waals surface area contributed by atoms with Crippen LogP contribution in [0.2, 0.25) is 5.02 Å². The van der Waals surface area contributed by atoms with Crippen molar-refractivity contribution in [1.82, 2.24) is 10.4 Å². The van der Waals surface area contributed by atoms with E-state index in [0.717, 1.165) is 16.8 Å². The minimum absolute atomic E-state index is 0.283. The maximum Gasteiger partial charge on any atom is 0.298 e. The fourth-order valence-electron chi connectivity index (χ4n) is 1.99. The second-order valence-electron chi connectivity index (χ2n) is 4.96. The molecule has 1 aromatic heterocycles. The third kappa shape index (κ3) is 3.70. The Morgan fingerprint density at radius 2 is 1.87 bits per heavy atom. The van der Waals surface area contributed by atoms with Gasteiger partial charge < -0.3 is 0 Å². The van der Waals surface area contributed by atoms with Gasteiger partial charge >= 0.3 is 0 Å². The van der Waals surface area contributed by atoms with Gasteiger partial charge in [-0.1, -0.05) is 47.5 Å². The number of rotatable bonds is 4. The first-order chi connectivity index (χ1) is 11.1. The number of carbonyl (C=O) groups excluding carboxylic acids is 1. The first-order valence-corrected chi connectivity index (χ1v) is 8.23. The molecule has 3 aromatic rings. The van der Waals surface area contributed by atoms with Gasteiger partial charge in [0.05, 0.1) is 11.4 Å². The highest BCUT2D eigenvalue weighted by atomic mass is 35.5. The van der Waals surface area contributed by atoms with E-state index in [4.69, 9.17) is 11.6 Å². The number of hydrazine groups is 1. The molecule has 0 atom stereocenters. The van der Waals surface area contributed by atoms with E-state index < -0.39 is 0 Å². The van der Waals surface area contributed by atoms with Crippen molar-refractivity contribution in [2.75, 3.05) is 5.43 Å². The molecule has 116 valence electrons. The summed E-state index contributed by atoms with van der Waals surface area (Å²) in [6, 6.07) is 15.1. The largest absolute Gasteiger partial charge is 0.298 e. The molecule has 0 radical (unpaired) electrons. The lowest BCUT2D eigenvalue weighted by molar-refractivity contribution is 0.0962. The van der Waals surface area contributed by atoms with Crippen molar-refractivity contribution >= 4 is 34.5 Å². The highest BCUT2D eigenvalue weighted by Gasteiger charge is 2.13. The Labute approximate surface area is 143 Å². The zero-order valence-electron chi connectivity index (χ0n) is 12.3. The van der Waals surface area contributed by atoms with Crippen molar-refractivity contribution in [1.29, 1.82) is 0 Å². The predicted octanol–water partition coefficient (Wildman–Crippen LogP) is 4.53. The van der Waals surface area contributed by atoms with Gasteiger partial charge in [-0.3, -0.25) is 15.6 Å². The van der Waals surface area contributed by atoms with Gasteiger partial charge in [-0.15, -0.1) is 11.3 Å². The number of halogens is 1. The molecule has 0 aliphatic carbocycles. The number of hydrogen-bond acceptors (Lipinski definition) is 4. The van der Waals surface area contributed by atoms with E-state index in [1.807, 2.05) is 54.8 Å². The van der Waals surface area contributed by atoms with Gasteiger partial charge in [0.2, 0.25) is 0 Å². The molecule has 0 spiro atoms. The summed E-state index contributed by atoms with van der Waals surface area (Å²) in [7, 11) is 0. The standard InChI is InChI=1S/C17H14ClN3OS/c1-11-6-8-12(9-7-11)20-21-16(22)17-19-15(10-23-17)13-4-2-3-5-14(13)18/h2-10,20H,1H3,(H,21,22). The van der Waals surface area contributed by atoms with E-state index in [1.165, 1.54) is 11.3 Å². The molecule has 0 aliphatic heterocycles. The van der Waals surface area contributed by atoms with Crippen LogP contribution >= 0.6 is 22.9 Å². The van der Waals surface area contributed by atoms with Gasteiger partial charge in [-0.25, -0.2) is 4.98 Å². The molecule has 3 rings (SSSR count). The molecule has 4 nitrogen and oxygen atoms in total. The molecule has 0 saturated carbocycles. The Kier molecular flexibility index (Phi) is 4.60. The monoisotopic (exact) mass is 343 g/mol. The number of anilines is 1. The van der Waals surface area contributed by atoms with Gasteiger partial charge in [0, 0.05) is 16.0 Å². The predicted molar refractivity (Wildman–Crippen MR) is 94.8 cm³/mol. The van der Waals surface area contributed by atoms with Crippen LogP contribution in [0.1, 0.15) is 15.4 Å². The number of nitrogens with zero attached hydrogens (tertiary/aromatic N) is 1. The van der Waals surface area contributed by atoms with Gasteiger partial charge in [-0.05, 0) is 25.1 Å². The summed E-state index contributed by atoms with van der Waals surface area (Å²) in [5.41, 5.74) is 8.99. The van der Waals surface area contributed by atoms with Crippen LogP contribution in [0.3, 0.4) is 0 Å². The third-order valence-electron chi connectivity index (χ3n) is 3.22. The van der Waals surface area contributed by atoms with Crippen molar-refractivity contribution in [3.63, 3.8) is 0 Å². The van der Waals surface area contributed by atoms with Crippen LogP contribution < -0.4 is 10.9 Å². The molecule has 0 unspecified atom stereocenters. The van der Waals surface area contributed by atoms with E-state index in [9.17, 15) is 4.79 Å². The maximum atomic E-state index is 12.2. The van der Waals surface area contributed by atoms with E-state index in [-0.39, 0.29) is 5.91 Å². The van der Waals surface area contributed by atoms with Crippen LogP contribution in [-0.2, 0) is 0 Å². The molecular weight excluding hydrogens is 330 g/mol. The molecule has 0 aliphatic rings. The zero-order valence-corrected chi connectivity index (χ0v) is 13.9. The molecule has 1 amide bonds. The zero-order chi connectivity index (χ0) is 16.2. The van der Waals surface area contributed by atoms with Crippen molar-refractivity contribution < 1.29 is 4.79 Å². The summed E-state index contributed by atoms with van der Waals surface area (Å²) in [6.45, 7) is 2.01. The smallest absolute Gasteiger partial charge is 0.298 e. The van der Waals surface area contributed by atoms with Crippen molar-refractivity contribution in [2.24, 2.45) is 0 Å². The number of nitrogens with one attached hydrogen (secondary N) is 2. The molecular formula is C17H14ClN3OS. The summed E-state index contributed by atoms with van der Waals surface area (Å²) >= 11 is 7.43. The number of aromatic nitrogens is 1. The van der Waals surface area contributed by atoms with Crippen LogP contribution in [0.5, 0.6) is 0 Å². The van der Waals surface area contributed by atoms with Crippen LogP contribution in [0, 0.1) is 6.92 Å². The minimum Gasteiger partial charge on any atom is -0.298 e. The van der Waals surface area contributed by atoms with Crippen molar-refractivity contribution in [3.05, 3.63) is 69.5 Å². The van der Waals surface area contributed by atoms with Gasteiger partial charge in [-0.2, -0.15) is 0 Å². The van der Waals surface area contributed by atoms with Gasteiger partial charge in [0.25, 0.3) is 5.91 Å². The van der Waals surface area contributed by atoms with E-state index in [0.29, 0.717) is 15.7 Å². The molecule has 23 heavy (non-hydrogen) atoms. The molecule has 2 N–H and O–H groups in total. The first kappa shape index (κ1) is 15.5. The molecule has 0 saturated heterocycles. The minimum atomic E-state index is -0.283. The fraction of sp³-hybridized carbons (Fsp3) is 0.0588. The summed E-state index contributed by atoms with van der Waals surface area (Å²) in [5.74, 6) is -0.283. The molecule has 6 heteroatoms. The van der Waals surface area contributed by atoms with Crippen molar-refractivity contribution in [3.8, 4) is 11.3 Å². The highest BCUT2D eigenvalue weighted by Crippen LogP contribution is 2.28. The molecule has 0 bridgehead atoms. The topological polar surface area (TPSA) is 54.0 Å². The normalized spacial score (nSPS) is 10.3. The van der Waals surface area contributed by atoms with E-state index >= 15 is 0 Å². The summed E-state index contributed by atoms with van der Waals surface area (Å²) in [5, 5.41) is 2.81. The lowest BCUT2D eigenvalue weighted by Gasteiger charge is -2.07. The summed E-state index contributed by atoms with van der Waals surface area (Å²) < 4.78 is 0. The van der Waals surface area contributed by atoms with E-state index in [2.05, 4.69) is 15.8 Å². The Balaban J connectivity index is 1.69. The first-order valence-electron chi connectivity index (χ1n) is 6.97. The summed E-state index contributed by atoms with van der Waals surface area (Å²) in [4.78, 5) is 16.5. The van der Waals surface area contributed by atoms with Crippen LogP contribution in [0.25, 0.3) is 11.3 Å². The van der Waals surface area contributed by atoms with Gasteiger partial charge in [0.1, 0.15) is 0 Å². The highest BCUT2D eigenvalue weighted by molar-refractivity contribution is 7.12. The van der Waals surface area contributed by atoms with Crippen LogP contribution in [0.15, 0.2) is 53.9 Å². The molecule has 2 aromatic carbocycles. The lowest BCUT2D eigenvalue weighted by Crippen LogP contribution is -2.29. The third-order valence-corrected chi connectivity index (χ3v) is 4.39. The Bertz CT molecular complexity index is 830. The Morgan fingerprint density at radius 1 is 1.13 bits per heavy atom. The number of aryl methyl sites for hydroxylation is 1. The average molecular weight is 344 g/mol. The number of amides is 1. The molecule has 1 heterocycles.